The molecule has 2 aromatic rings. The Bertz CT molecular complexity index is 767. The number of carbonyl (C=O) groups is 2. The third-order valence-electron chi connectivity index (χ3n) is 3.65. The molecule has 0 aliphatic carbocycles. The fourth-order valence-electron chi connectivity index (χ4n) is 2.31. The van der Waals surface area contributed by atoms with E-state index < -0.39 is 5.97 Å². The fraction of sp³-hybridized carbons (Fsp3) is 0.222. The van der Waals surface area contributed by atoms with Crippen molar-refractivity contribution in [3.05, 3.63) is 57.8 Å². The number of thiophene rings is 1. The largest absolute Gasteiger partial charge is 0.488 e. The smallest absolute Gasteiger partial charge is 0.338 e. The summed E-state index contributed by atoms with van der Waals surface area (Å²) >= 11 is 1.58. The van der Waals surface area contributed by atoms with Crippen molar-refractivity contribution in [2.75, 3.05) is 20.3 Å². The van der Waals surface area contributed by atoms with E-state index in [1.165, 1.54) is 4.90 Å². The molecule has 1 aliphatic heterocycles. The predicted molar refractivity (Wildman–Crippen MR) is 91.7 cm³/mol. The van der Waals surface area contributed by atoms with E-state index in [1.807, 2.05) is 41.1 Å². The lowest BCUT2D eigenvalue weighted by molar-refractivity contribution is -0.148. The van der Waals surface area contributed by atoms with Gasteiger partial charge in [-0.1, -0.05) is 18.2 Å². The van der Waals surface area contributed by atoms with E-state index in [0.717, 1.165) is 16.9 Å². The zero-order chi connectivity index (χ0) is 16.9. The van der Waals surface area contributed by atoms with E-state index in [4.69, 9.17) is 9.47 Å². The van der Waals surface area contributed by atoms with Crippen molar-refractivity contribution in [1.82, 2.24) is 4.90 Å². The number of likely N-dealkylation sites (N-methyl/N-ethyl adjacent to an activating group) is 1. The molecule has 2 heterocycles. The third-order valence-corrected chi connectivity index (χ3v) is 4.38. The Morgan fingerprint density at radius 2 is 2.12 bits per heavy atom. The molecule has 0 fully saturated rings. The second kappa shape index (κ2) is 7.31. The number of ether oxygens (including phenoxy) is 2. The molecule has 5 nitrogen and oxygen atoms in total. The van der Waals surface area contributed by atoms with Crippen molar-refractivity contribution in [2.45, 2.75) is 6.54 Å². The van der Waals surface area contributed by atoms with Crippen LogP contribution in [0.1, 0.15) is 11.1 Å². The standard InChI is InChI=1S/C18H17NO4S/c1-19(9-13-6-7-24-12-13)17(20)11-23-18(21)15-8-14-4-2-3-5-16(14)22-10-15/h2-8,12H,9-11H2,1H3. The Kier molecular flexibility index (Phi) is 4.96. The number of rotatable bonds is 5. The highest BCUT2D eigenvalue weighted by atomic mass is 32.1. The Hall–Kier alpha value is -2.60. The predicted octanol–water partition coefficient (Wildman–Crippen LogP) is 2.73. The molecule has 0 bridgehead atoms. The summed E-state index contributed by atoms with van der Waals surface area (Å²) in [6.45, 7) is 0.367. The van der Waals surface area contributed by atoms with E-state index in [0.29, 0.717) is 12.1 Å². The van der Waals surface area contributed by atoms with Crippen LogP contribution in [0, 0.1) is 0 Å². The average Bonchev–Trinajstić information content (AvgIpc) is 3.11. The summed E-state index contributed by atoms with van der Waals surface area (Å²) in [6.07, 6.45) is 1.74. The summed E-state index contributed by atoms with van der Waals surface area (Å²) in [6, 6.07) is 9.41. The lowest BCUT2D eigenvalue weighted by Crippen LogP contribution is -2.31. The molecular formula is C18H17NO4S. The number of hydrogen-bond acceptors (Lipinski definition) is 5. The van der Waals surface area contributed by atoms with Crippen LogP contribution in [-0.4, -0.2) is 37.0 Å². The van der Waals surface area contributed by atoms with Crippen molar-refractivity contribution in [3.8, 4) is 5.75 Å². The number of benzene rings is 1. The van der Waals surface area contributed by atoms with Gasteiger partial charge in [0.25, 0.3) is 5.91 Å². The number of carbonyl (C=O) groups excluding carboxylic acids is 2. The molecular weight excluding hydrogens is 326 g/mol. The topological polar surface area (TPSA) is 55.8 Å². The maximum Gasteiger partial charge on any atom is 0.338 e. The quantitative estimate of drug-likeness (QED) is 0.784. The molecule has 1 aliphatic rings. The van der Waals surface area contributed by atoms with Gasteiger partial charge in [-0.2, -0.15) is 11.3 Å². The molecule has 0 unspecified atom stereocenters. The molecule has 3 rings (SSSR count). The number of fused-ring (bicyclic) bond motifs is 1. The zero-order valence-corrected chi connectivity index (χ0v) is 14.0. The number of para-hydroxylation sites is 1. The lowest BCUT2D eigenvalue weighted by atomic mass is 10.1. The Morgan fingerprint density at radius 1 is 1.29 bits per heavy atom. The Balaban J connectivity index is 1.54. The normalized spacial score (nSPS) is 12.6. The summed E-state index contributed by atoms with van der Waals surface area (Å²) in [4.78, 5) is 25.7. The van der Waals surface area contributed by atoms with E-state index in [-0.39, 0.29) is 19.1 Å². The minimum absolute atomic E-state index is 0.148. The van der Waals surface area contributed by atoms with Crippen LogP contribution in [0.4, 0.5) is 0 Å². The fourth-order valence-corrected chi connectivity index (χ4v) is 2.97. The Labute approximate surface area is 144 Å². The summed E-state index contributed by atoms with van der Waals surface area (Å²) in [5.74, 6) is -0.0327. The van der Waals surface area contributed by atoms with E-state index in [2.05, 4.69) is 0 Å². The number of esters is 1. The van der Waals surface area contributed by atoms with E-state index in [1.54, 1.807) is 24.5 Å². The van der Waals surface area contributed by atoms with E-state index >= 15 is 0 Å². The molecule has 1 aromatic heterocycles. The molecule has 1 aromatic carbocycles. The van der Waals surface area contributed by atoms with Crippen molar-refractivity contribution in [1.29, 1.82) is 0 Å². The van der Waals surface area contributed by atoms with Crippen LogP contribution in [0.2, 0.25) is 0 Å². The second-order valence-corrected chi connectivity index (χ2v) is 6.23. The molecule has 0 spiro atoms. The molecule has 6 heteroatoms. The monoisotopic (exact) mass is 343 g/mol. The SMILES string of the molecule is CN(Cc1ccsc1)C(=O)COC(=O)C1=Cc2ccccc2OC1. The lowest BCUT2D eigenvalue weighted by Gasteiger charge is -2.18. The molecule has 1 amide bonds. The third kappa shape index (κ3) is 3.83. The highest BCUT2D eigenvalue weighted by Crippen LogP contribution is 2.26. The van der Waals surface area contributed by atoms with Gasteiger partial charge in [-0.3, -0.25) is 4.79 Å². The molecule has 0 radical (unpaired) electrons. The van der Waals surface area contributed by atoms with E-state index in [9.17, 15) is 9.59 Å². The van der Waals surface area contributed by atoms with Gasteiger partial charge in [-0.05, 0) is 34.5 Å². The van der Waals surface area contributed by atoms with Crippen molar-refractivity contribution >= 4 is 29.3 Å². The average molecular weight is 343 g/mol. The van der Waals surface area contributed by atoms with Gasteiger partial charge < -0.3 is 14.4 Å². The Morgan fingerprint density at radius 3 is 2.92 bits per heavy atom. The molecule has 124 valence electrons. The highest BCUT2D eigenvalue weighted by Gasteiger charge is 2.20. The van der Waals surface area contributed by atoms with Crippen molar-refractivity contribution in [3.63, 3.8) is 0 Å². The van der Waals surface area contributed by atoms with Gasteiger partial charge in [0.15, 0.2) is 6.61 Å². The van der Waals surface area contributed by atoms with Gasteiger partial charge in [0.2, 0.25) is 0 Å². The van der Waals surface area contributed by atoms with Crippen LogP contribution in [0.25, 0.3) is 6.08 Å². The summed E-state index contributed by atoms with van der Waals surface area (Å²) in [5, 5.41) is 3.94. The van der Waals surface area contributed by atoms with Crippen LogP contribution >= 0.6 is 11.3 Å². The van der Waals surface area contributed by atoms with Gasteiger partial charge in [0, 0.05) is 19.2 Å². The molecule has 0 N–H and O–H groups in total. The van der Waals surface area contributed by atoms with Crippen LogP contribution < -0.4 is 4.74 Å². The summed E-state index contributed by atoms with van der Waals surface area (Å²) < 4.78 is 10.6. The first-order chi connectivity index (χ1) is 11.6. The van der Waals surface area contributed by atoms with Gasteiger partial charge in [-0.25, -0.2) is 4.79 Å². The summed E-state index contributed by atoms with van der Waals surface area (Å²) in [7, 11) is 1.69. The van der Waals surface area contributed by atoms with Gasteiger partial charge in [-0.15, -0.1) is 0 Å². The van der Waals surface area contributed by atoms with Gasteiger partial charge in [0.1, 0.15) is 12.4 Å². The first-order valence-corrected chi connectivity index (χ1v) is 8.42. The number of amides is 1. The van der Waals surface area contributed by atoms with Crippen LogP contribution in [-0.2, 0) is 20.9 Å². The molecule has 24 heavy (non-hydrogen) atoms. The minimum atomic E-state index is -0.526. The zero-order valence-electron chi connectivity index (χ0n) is 13.2. The van der Waals surface area contributed by atoms with Gasteiger partial charge in [0.05, 0.1) is 5.57 Å². The number of nitrogens with zero attached hydrogens (tertiary/aromatic N) is 1. The molecule has 0 atom stereocenters. The number of hydrogen-bond donors (Lipinski definition) is 0. The second-order valence-electron chi connectivity index (χ2n) is 5.45. The minimum Gasteiger partial charge on any atom is -0.488 e. The first kappa shape index (κ1) is 16.3. The van der Waals surface area contributed by atoms with Gasteiger partial charge >= 0.3 is 5.97 Å². The maximum atomic E-state index is 12.1. The summed E-state index contributed by atoms with van der Waals surface area (Å²) in [5.41, 5.74) is 2.29. The molecule has 0 saturated carbocycles. The van der Waals surface area contributed by atoms with Crippen molar-refractivity contribution in [2.24, 2.45) is 0 Å². The van der Waals surface area contributed by atoms with Crippen LogP contribution in [0.3, 0.4) is 0 Å². The van der Waals surface area contributed by atoms with Crippen molar-refractivity contribution < 1.29 is 19.1 Å². The maximum absolute atomic E-state index is 12.1. The van der Waals surface area contributed by atoms with Crippen LogP contribution in [0.5, 0.6) is 5.75 Å². The first-order valence-electron chi connectivity index (χ1n) is 7.48. The highest BCUT2D eigenvalue weighted by molar-refractivity contribution is 7.07. The molecule has 0 saturated heterocycles. The van der Waals surface area contributed by atoms with Crippen LogP contribution in [0.15, 0.2) is 46.7 Å².